The fourth-order valence-electron chi connectivity index (χ4n) is 2.08. The minimum atomic E-state index is -1.22. The zero-order chi connectivity index (χ0) is 16.2. The summed E-state index contributed by atoms with van der Waals surface area (Å²) in [5, 5.41) is 11.5. The molecule has 9 nitrogen and oxygen atoms in total. The molecule has 1 rings (SSSR count). The molecule has 9 heteroatoms. The smallest absolute Gasteiger partial charge is 0.328 e. The van der Waals surface area contributed by atoms with E-state index in [9.17, 15) is 19.2 Å². The van der Waals surface area contributed by atoms with Gasteiger partial charge in [0.15, 0.2) is 0 Å². The van der Waals surface area contributed by atoms with Crippen LogP contribution in [0.2, 0.25) is 0 Å². The summed E-state index contributed by atoms with van der Waals surface area (Å²) in [7, 11) is 0. The van der Waals surface area contributed by atoms with Gasteiger partial charge in [-0.3, -0.25) is 14.5 Å². The highest BCUT2D eigenvalue weighted by atomic mass is 16.4. The predicted octanol–water partition coefficient (Wildman–Crippen LogP) is -1.57. The van der Waals surface area contributed by atoms with Gasteiger partial charge in [-0.15, -0.1) is 0 Å². The molecule has 1 aliphatic heterocycles. The summed E-state index contributed by atoms with van der Waals surface area (Å²) in [5.74, 6) is -2.29. The number of carbonyl (C=O) groups excluding carboxylic acids is 3. The molecule has 0 radical (unpaired) electrons. The summed E-state index contributed by atoms with van der Waals surface area (Å²) in [4.78, 5) is 48.2. The number of carbonyl (C=O) groups is 4. The zero-order valence-electron chi connectivity index (χ0n) is 12.0. The number of primary amides is 1. The molecule has 0 aromatic rings. The number of aliphatic carboxylic acids is 1. The first-order chi connectivity index (χ1) is 9.72. The number of rotatable bonds is 5. The van der Waals surface area contributed by atoms with Gasteiger partial charge in [-0.2, -0.15) is 0 Å². The number of carboxylic acids is 1. The summed E-state index contributed by atoms with van der Waals surface area (Å²) in [5.41, 5.74) is 5.11. The molecule has 118 valence electrons. The van der Waals surface area contributed by atoms with E-state index in [4.69, 9.17) is 10.8 Å². The number of urea groups is 1. The fraction of sp³-hybridized carbons (Fsp3) is 0.667. The van der Waals surface area contributed by atoms with Crippen molar-refractivity contribution in [2.45, 2.75) is 19.9 Å². The lowest BCUT2D eigenvalue weighted by molar-refractivity contribution is -0.144. The third kappa shape index (κ3) is 4.62. The lowest BCUT2D eigenvalue weighted by Gasteiger charge is -2.36. The molecule has 1 fully saturated rings. The van der Waals surface area contributed by atoms with E-state index in [1.165, 1.54) is 4.90 Å². The second-order valence-corrected chi connectivity index (χ2v) is 5.31. The summed E-state index contributed by atoms with van der Waals surface area (Å²) >= 11 is 0. The molecule has 0 spiro atoms. The molecule has 0 saturated carbocycles. The number of carboxylic acid groups (broad SMARTS) is 1. The monoisotopic (exact) mass is 300 g/mol. The average molecular weight is 300 g/mol. The van der Waals surface area contributed by atoms with Crippen molar-refractivity contribution >= 4 is 23.8 Å². The maximum Gasteiger partial charge on any atom is 0.328 e. The Kier molecular flexibility index (Phi) is 5.51. The molecule has 0 aromatic heterocycles. The minimum Gasteiger partial charge on any atom is -0.480 e. The summed E-state index contributed by atoms with van der Waals surface area (Å²) < 4.78 is 0. The van der Waals surface area contributed by atoms with E-state index in [1.807, 2.05) is 13.8 Å². The SMILES string of the molecule is CC(C)CN(CC(N)=O)C(=O)N1CC(=O)NCC1C(=O)O. The van der Waals surface area contributed by atoms with Crippen LogP contribution in [0.5, 0.6) is 0 Å². The molecule has 1 aliphatic rings. The van der Waals surface area contributed by atoms with Gasteiger partial charge in [0.25, 0.3) is 0 Å². The molecular formula is C12H20N4O5. The number of hydrogen-bond donors (Lipinski definition) is 3. The van der Waals surface area contributed by atoms with E-state index in [0.29, 0.717) is 0 Å². The van der Waals surface area contributed by atoms with Crippen LogP contribution in [0, 0.1) is 5.92 Å². The van der Waals surface area contributed by atoms with Gasteiger partial charge in [0.2, 0.25) is 11.8 Å². The Bertz CT molecular complexity index is 451. The quantitative estimate of drug-likeness (QED) is 0.564. The van der Waals surface area contributed by atoms with Crippen molar-refractivity contribution in [1.29, 1.82) is 0 Å². The van der Waals surface area contributed by atoms with E-state index in [2.05, 4.69) is 5.32 Å². The largest absolute Gasteiger partial charge is 0.480 e. The van der Waals surface area contributed by atoms with E-state index < -0.39 is 29.9 Å². The molecule has 1 heterocycles. The first kappa shape index (κ1) is 16.7. The molecule has 0 bridgehead atoms. The fourth-order valence-corrected chi connectivity index (χ4v) is 2.08. The van der Waals surface area contributed by atoms with Crippen molar-refractivity contribution < 1.29 is 24.3 Å². The molecular weight excluding hydrogens is 280 g/mol. The molecule has 4 amide bonds. The Balaban J connectivity index is 2.94. The highest BCUT2D eigenvalue weighted by Crippen LogP contribution is 2.10. The van der Waals surface area contributed by atoms with Crippen molar-refractivity contribution in [1.82, 2.24) is 15.1 Å². The lowest BCUT2D eigenvalue weighted by atomic mass is 10.2. The van der Waals surface area contributed by atoms with Crippen molar-refractivity contribution in [3.05, 3.63) is 0 Å². The molecule has 21 heavy (non-hydrogen) atoms. The van der Waals surface area contributed by atoms with Gasteiger partial charge in [0.1, 0.15) is 19.1 Å². The second-order valence-electron chi connectivity index (χ2n) is 5.31. The Hall–Kier alpha value is -2.32. The number of nitrogens with two attached hydrogens (primary N) is 1. The number of amides is 4. The van der Waals surface area contributed by atoms with Crippen LogP contribution < -0.4 is 11.1 Å². The Labute approximate surface area is 122 Å². The maximum absolute atomic E-state index is 12.4. The third-order valence-electron chi connectivity index (χ3n) is 2.92. The molecule has 4 N–H and O–H groups in total. The zero-order valence-corrected chi connectivity index (χ0v) is 12.0. The van der Waals surface area contributed by atoms with Crippen molar-refractivity contribution in [2.75, 3.05) is 26.2 Å². The number of nitrogens with zero attached hydrogens (tertiary/aromatic N) is 2. The number of nitrogens with one attached hydrogen (secondary N) is 1. The van der Waals surface area contributed by atoms with Crippen LogP contribution in [-0.2, 0) is 14.4 Å². The highest BCUT2D eigenvalue weighted by Gasteiger charge is 2.37. The van der Waals surface area contributed by atoms with Gasteiger partial charge in [0, 0.05) is 13.1 Å². The Morgan fingerprint density at radius 2 is 2.10 bits per heavy atom. The highest BCUT2D eigenvalue weighted by molar-refractivity contribution is 5.91. The van der Waals surface area contributed by atoms with E-state index in [-0.39, 0.29) is 32.1 Å². The average Bonchev–Trinajstić information content (AvgIpc) is 2.35. The van der Waals surface area contributed by atoms with Gasteiger partial charge in [-0.1, -0.05) is 13.8 Å². The molecule has 1 saturated heterocycles. The summed E-state index contributed by atoms with van der Waals surface area (Å²) in [6.45, 7) is 3.10. The van der Waals surface area contributed by atoms with Crippen LogP contribution in [-0.4, -0.2) is 70.9 Å². The Morgan fingerprint density at radius 3 is 2.57 bits per heavy atom. The lowest BCUT2D eigenvalue weighted by Crippen LogP contribution is -2.62. The molecule has 0 aliphatic carbocycles. The van der Waals surface area contributed by atoms with Crippen LogP contribution in [0.1, 0.15) is 13.8 Å². The molecule has 1 atom stereocenters. The van der Waals surface area contributed by atoms with Gasteiger partial charge >= 0.3 is 12.0 Å². The predicted molar refractivity (Wildman–Crippen MR) is 72.1 cm³/mol. The minimum absolute atomic E-state index is 0.0650. The topological polar surface area (TPSA) is 133 Å². The van der Waals surface area contributed by atoms with Crippen molar-refractivity contribution in [3.63, 3.8) is 0 Å². The van der Waals surface area contributed by atoms with Gasteiger partial charge in [0.05, 0.1) is 0 Å². The van der Waals surface area contributed by atoms with Gasteiger partial charge < -0.3 is 21.1 Å². The first-order valence-corrected chi connectivity index (χ1v) is 6.55. The second kappa shape index (κ2) is 6.91. The number of piperazine rings is 1. The summed E-state index contributed by atoms with van der Waals surface area (Å²) in [6.07, 6.45) is 0. The molecule has 1 unspecified atom stereocenters. The van der Waals surface area contributed by atoms with Crippen molar-refractivity contribution in [3.8, 4) is 0 Å². The van der Waals surface area contributed by atoms with Crippen LogP contribution in [0.15, 0.2) is 0 Å². The Morgan fingerprint density at radius 1 is 1.48 bits per heavy atom. The van der Waals surface area contributed by atoms with Crippen LogP contribution in [0.4, 0.5) is 4.79 Å². The first-order valence-electron chi connectivity index (χ1n) is 6.55. The van der Waals surface area contributed by atoms with E-state index in [0.717, 1.165) is 4.90 Å². The van der Waals surface area contributed by atoms with Crippen LogP contribution >= 0.6 is 0 Å². The summed E-state index contributed by atoms with van der Waals surface area (Å²) in [6, 6.07) is -1.83. The van der Waals surface area contributed by atoms with Crippen LogP contribution in [0.25, 0.3) is 0 Å². The maximum atomic E-state index is 12.4. The van der Waals surface area contributed by atoms with Gasteiger partial charge in [-0.05, 0) is 5.92 Å². The number of hydrogen-bond acceptors (Lipinski definition) is 4. The van der Waals surface area contributed by atoms with E-state index in [1.54, 1.807) is 0 Å². The van der Waals surface area contributed by atoms with E-state index >= 15 is 0 Å². The molecule has 0 aromatic carbocycles. The third-order valence-corrected chi connectivity index (χ3v) is 2.92. The van der Waals surface area contributed by atoms with Gasteiger partial charge in [-0.25, -0.2) is 9.59 Å². The standard InChI is InChI=1S/C12H20N4O5/c1-7(2)4-15(5-9(13)17)12(21)16-6-10(18)14-3-8(16)11(19)20/h7-8H,3-6H2,1-2H3,(H2,13,17)(H,14,18)(H,19,20). The van der Waals surface area contributed by atoms with Crippen LogP contribution in [0.3, 0.4) is 0 Å². The van der Waals surface area contributed by atoms with Crippen molar-refractivity contribution in [2.24, 2.45) is 11.7 Å². The normalized spacial score (nSPS) is 18.3.